The van der Waals surface area contributed by atoms with Gasteiger partial charge in [0.15, 0.2) is 0 Å². The molecule has 17 heavy (non-hydrogen) atoms. The minimum atomic E-state index is 0.386. The Labute approximate surface area is 103 Å². The van der Waals surface area contributed by atoms with Crippen molar-refractivity contribution in [1.29, 1.82) is 0 Å². The van der Waals surface area contributed by atoms with Crippen molar-refractivity contribution < 1.29 is 0 Å². The highest BCUT2D eigenvalue weighted by molar-refractivity contribution is 5.84. The number of aryl methyl sites for hydroxylation is 1. The summed E-state index contributed by atoms with van der Waals surface area (Å²) in [5, 5.41) is 1.31. The molecule has 0 aliphatic rings. The second-order valence-corrected chi connectivity index (χ2v) is 4.85. The van der Waals surface area contributed by atoms with Crippen molar-refractivity contribution in [2.75, 3.05) is 20.6 Å². The summed E-state index contributed by atoms with van der Waals surface area (Å²) >= 11 is 0. The molecule has 0 aliphatic carbocycles. The first-order valence-corrected chi connectivity index (χ1v) is 6.07. The largest absolute Gasteiger partial charge is 0.361 e. The highest BCUT2D eigenvalue weighted by Gasteiger charge is 2.16. The molecule has 0 saturated carbocycles. The second kappa shape index (κ2) is 4.90. The van der Waals surface area contributed by atoms with E-state index in [0.717, 1.165) is 6.42 Å². The van der Waals surface area contributed by atoms with Crippen molar-refractivity contribution >= 4 is 10.9 Å². The van der Waals surface area contributed by atoms with Gasteiger partial charge in [0.05, 0.1) is 0 Å². The van der Waals surface area contributed by atoms with E-state index in [9.17, 15) is 0 Å². The number of aromatic amines is 1. The van der Waals surface area contributed by atoms with Gasteiger partial charge in [0.25, 0.3) is 0 Å². The van der Waals surface area contributed by atoms with Crippen LogP contribution in [-0.4, -0.2) is 30.5 Å². The molecule has 1 atom stereocenters. The first-order valence-electron chi connectivity index (χ1n) is 6.07. The van der Waals surface area contributed by atoms with E-state index in [1.54, 1.807) is 0 Å². The van der Waals surface area contributed by atoms with Gasteiger partial charge in [-0.2, -0.15) is 0 Å². The van der Waals surface area contributed by atoms with Crippen LogP contribution < -0.4 is 5.73 Å². The molecule has 0 bridgehead atoms. The number of nitrogens with one attached hydrogen (secondary N) is 1. The topological polar surface area (TPSA) is 45.0 Å². The molecule has 0 radical (unpaired) electrons. The van der Waals surface area contributed by atoms with Gasteiger partial charge in [0.2, 0.25) is 0 Å². The molecule has 1 aromatic carbocycles. The molecule has 3 nitrogen and oxygen atoms in total. The number of aromatic nitrogens is 1. The van der Waals surface area contributed by atoms with Gasteiger partial charge in [-0.15, -0.1) is 0 Å². The minimum absolute atomic E-state index is 0.386. The van der Waals surface area contributed by atoms with Crippen LogP contribution in [0.2, 0.25) is 0 Å². The summed E-state index contributed by atoms with van der Waals surface area (Å²) in [4.78, 5) is 5.59. The second-order valence-electron chi connectivity index (χ2n) is 4.85. The lowest BCUT2D eigenvalue weighted by molar-refractivity contribution is 0.289. The molecule has 2 rings (SSSR count). The molecule has 0 aliphatic heterocycles. The number of hydrogen-bond acceptors (Lipinski definition) is 2. The zero-order chi connectivity index (χ0) is 12.4. The average molecular weight is 231 g/mol. The molecule has 0 fully saturated rings. The van der Waals surface area contributed by atoms with Gasteiger partial charge in [-0.1, -0.05) is 12.1 Å². The molecule has 0 spiro atoms. The van der Waals surface area contributed by atoms with Crippen molar-refractivity contribution in [2.24, 2.45) is 5.73 Å². The van der Waals surface area contributed by atoms with E-state index < -0.39 is 0 Å². The maximum atomic E-state index is 5.70. The summed E-state index contributed by atoms with van der Waals surface area (Å²) in [5.41, 5.74) is 9.54. The van der Waals surface area contributed by atoms with E-state index in [1.165, 1.54) is 22.0 Å². The number of H-pyrrole nitrogens is 1. The average Bonchev–Trinajstić information content (AvgIpc) is 2.68. The number of nitrogens with zero attached hydrogens (tertiary/aromatic N) is 1. The van der Waals surface area contributed by atoms with Gasteiger partial charge in [0.1, 0.15) is 0 Å². The summed E-state index contributed by atoms with van der Waals surface area (Å²) in [6.07, 6.45) is 3.10. The third-order valence-corrected chi connectivity index (χ3v) is 3.29. The van der Waals surface area contributed by atoms with Gasteiger partial charge >= 0.3 is 0 Å². The summed E-state index contributed by atoms with van der Waals surface area (Å²) in [5.74, 6) is 0. The van der Waals surface area contributed by atoms with Gasteiger partial charge in [0, 0.05) is 23.1 Å². The Morgan fingerprint density at radius 2 is 2.12 bits per heavy atom. The van der Waals surface area contributed by atoms with Crippen molar-refractivity contribution in [3.05, 3.63) is 35.5 Å². The summed E-state index contributed by atoms with van der Waals surface area (Å²) < 4.78 is 0. The van der Waals surface area contributed by atoms with Gasteiger partial charge in [-0.3, -0.25) is 0 Å². The summed E-state index contributed by atoms with van der Waals surface area (Å²) in [7, 11) is 4.21. The highest BCUT2D eigenvalue weighted by Crippen LogP contribution is 2.29. The number of nitrogens with two attached hydrogens (primary N) is 1. The minimum Gasteiger partial charge on any atom is -0.361 e. The van der Waals surface area contributed by atoms with E-state index in [0.29, 0.717) is 12.6 Å². The number of benzene rings is 1. The molecule has 2 aromatic rings. The number of hydrogen-bond donors (Lipinski definition) is 2. The molecular formula is C14H21N3. The molecule has 3 heteroatoms. The van der Waals surface area contributed by atoms with E-state index in [-0.39, 0.29) is 0 Å². The van der Waals surface area contributed by atoms with Crippen LogP contribution in [-0.2, 0) is 0 Å². The Hall–Kier alpha value is -1.32. The molecule has 0 saturated heterocycles. The van der Waals surface area contributed by atoms with E-state index in [4.69, 9.17) is 5.73 Å². The Morgan fingerprint density at radius 1 is 1.35 bits per heavy atom. The van der Waals surface area contributed by atoms with Gasteiger partial charge in [-0.05, 0) is 51.2 Å². The fourth-order valence-corrected chi connectivity index (χ4v) is 2.39. The van der Waals surface area contributed by atoms with E-state index in [1.807, 2.05) is 0 Å². The van der Waals surface area contributed by atoms with Crippen molar-refractivity contribution in [3.63, 3.8) is 0 Å². The maximum Gasteiger partial charge on any atom is 0.0460 e. The van der Waals surface area contributed by atoms with Crippen LogP contribution in [0.1, 0.15) is 23.6 Å². The standard InChI is InChI=1S/C14H21N3/c1-10-4-5-11-12(9-16-13(11)8-10)14(6-7-15)17(2)3/h4-5,8-9,14,16H,6-7,15H2,1-3H3. The monoisotopic (exact) mass is 231 g/mol. The van der Waals surface area contributed by atoms with Crippen molar-refractivity contribution in [2.45, 2.75) is 19.4 Å². The quantitative estimate of drug-likeness (QED) is 0.849. The van der Waals surface area contributed by atoms with Crippen LogP contribution in [0.3, 0.4) is 0 Å². The molecule has 0 amide bonds. The summed E-state index contributed by atoms with van der Waals surface area (Å²) in [6, 6.07) is 6.93. The zero-order valence-electron chi connectivity index (χ0n) is 10.8. The third kappa shape index (κ3) is 2.35. The lowest BCUT2D eigenvalue weighted by atomic mass is 10.0. The first-order chi connectivity index (χ1) is 8.13. The van der Waals surface area contributed by atoms with Crippen LogP contribution >= 0.6 is 0 Å². The van der Waals surface area contributed by atoms with Crippen LogP contribution in [0.25, 0.3) is 10.9 Å². The number of rotatable bonds is 4. The van der Waals surface area contributed by atoms with Crippen molar-refractivity contribution in [1.82, 2.24) is 9.88 Å². The molecule has 3 N–H and O–H groups in total. The predicted molar refractivity (Wildman–Crippen MR) is 73.1 cm³/mol. The Balaban J connectivity index is 2.46. The fraction of sp³-hybridized carbons (Fsp3) is 0.429. The molecule has 92 valence electrons. The van der Waals surface area contributed by atoms with Gasteiger partial charge in [-0.25, -0.2) is 0 Å². The van der Waals surface area contributed by atoms with Gasteiger partial charge < -0.3 is 15.6 Å². The Morgan fingerprint density at radius 3 is 2.76 bits per heavy atom. The van der Waals surface area contributed by atoms with E-state index >= 15 is 0 Å². The molecule has 1 unspecified atom stereocenters. The smallest absolute Gasteiger partial charge is 0.0460 e. The van der Waals surface area contributed by atoms with Crippen LogP contribution in [0.15, 0.2) is 24.4 Å². The fourth-order valence-electron chi connectivity index (χ4n) is 2.39. The number of fused-ring (bicyclic) bond motifs is 1. The third-order valence-electron chi connectivity index (χ3n) is 3.29. The molecule has 1 heterocycles. The lowest BCUT2D eigenvalue weighted by Gasteiger charge is -2.23. The first kappa shape index (κ1) is 12.1. The Bertz CT molecular complexity index is 499. The van der Waals surface area contributed by atoms with Crippen molar-refractivity contribution in [3.8, 4) is 0 Å². The zero-order valence-corrected chi connectivity index (χ0v) is 10.8. The SMILES string of the molecule is Cc1ccc2c(C(CCN)N(C)C)c[nH]c2c1. The Kier molecular flexibility index (Phi) is 3.50. The molecule has 1 aromatic heterocycles. The van der Waals surface area contributed by atoms with Crippen LogP contribution in [0.5, 0.6) is 0 Å². The highest BCUT2D eigenvalue weighted by atomic mass is 15.1. The lowest BCUT2D eigenvalue weighted by Crippen LogP contribution is -2.22. The molecular weight excluding hydrogens is 210 g/mol. The summed E-state index contributed by atoms with van der Waals surface area (Å²) in [6.45, 7) is 2.82. The predicted octanol–water partition coefficient (Wildman–Crippen LogP) is 2.43. The maximum absolute atomic E-state index is 5.70. The van der Waals surface area contributed by atoms with E-state index in [2.05, 4.69) is 55.3 Å². The van der Waals surface area contributed by atoms with Crippen LogP contribution in [0, 0.1) is 6.92 Å². The van der Waals surface area contributed by atoms with Crippen LogP contribution in [0.4, 0.5) is 0 Å². The normalized spacial score (nSPS) is 13.5.